The number of carbonyl (C=O) groups is 3. The van der Waals surface area contributed by atoms with Gasteiger partial charge in [-0.3, -0.25) is 14.6 Å². The van der Waals surface area contributed by atoms with Crippen molar-refractivity contribution in [3.63, 3.8) is 0 Å². The number of aromatic nitrogens is 3. The molecule has 0 aromatic carbocycles. The molecule has 1 atom stereocenters. The fraction of sp³-hybridized carbons (Fsp3) is 0.448. The number of anilines is 1. The number of nitrogens with one attached hydrogen (secondary N) is 3. The first-order chi connectivity index (χ1) is 20.0. The maximum atomic E-state index is 14.9. The maximum absolute atomic E-state index is 14.9. The van der Waals surface area contributed by atoms with Gasteiger partial charge in [0.15, 0.2) is 6.17 Å². The molecular weight excluding hydrogens is 545 g/mol. The minimum Gasteiger partial charge on any atom is -0.457 e. The van der Waals surface area contributed by atoms with Crippen LogP contribution in [0.15, 0.2) is 36.7 Å². The number of alkyl carbamates (subject to hydrolysis) is 1. The molecule has 1 unspecified atom stereocenters. The summed E-state index contributed by atoms with van der Waals surface area (Å²) in [6, 6.07) is 9.16. The fourth-order valence-electron chi connectivity index (χ4n) is 4.94. The van der Waals surface area contributed by atoms with Crippen molar-refractivity contribution in [2.24, 2.45) is 0 Å². The number of nitriles is 1. The first-order valence-corrected chi connectivity index (χ1v) is 13.6. The Labute approximate surface area is 242 Å². The van der Waals surface area contributed by atoms with Crippen LogP contribution in [-0.2, 0) is 14.3 Å². The first-order valence-electron chi connectivity index (χ1n) is 13.6. The molecule has 2 amide bonds. The molecule has 3 aromatic heterocycles. The molecule has 0 spiro atoms. The van der Waals surface area contributed by atoms with E-state index in [9.17, 15) is 24.0 Å². The number of rotatable bonds is 9. The van der Waals surface area contributed by atoms with Crippen LogP contribution in [0, 0.1) is 11.3 Å². The molecule has 1 aliphatic rings. The second kappa shape index (κ2) is 12.8. The van der Waals surface area contributed by atoms with Gasteiger partial charge in [-0.05, 0) is 63.8 Å². The van der Waals surface area contributed by atoms with Gasteiger partial charge in [0, 0.05) is 25.2 Å². The highest BCUT2D eigenvalue weighted by atomic mass is 19.1. The lowest BCUT2D eigenvalue weighted by Gasteiger charge is -2.30. The number of nitrogens with zero attached hydrogens (tertiary/aromatic N) is 4. The molecular formula is C29H34FN7O5. The number of hydrogen-bond donors (Lipinski definition) is 3. The molecule has 13 heteroatoms. The van der Waals surface area contributed by atoms with Gasteiger partial charge >= 0.3 is 12.1 Å². The van der Waals surface area contributed by atoms with E-state index in [0.29, 0.717) is 28.2 Å². The second-order valence-corrected chi connectivity index (χ2v) is 10.7. The molecule has 12 nitrogen and oxygen atoms in total. The summed E-state index contributed by atoms with van der Waals surface area (Å²) in [6.07, 6.45) is 3.65. The second-order valence-electron chi connectivity index (χ2n) is 10.7. The first kappa shape index (κ1) is 30.2. The van der Waals surface area contributed by atoms with Crippen molar-refractivity contribution in [3.05, 3.63) is 47.8 Å². The van der Waals surface area contributed by atoms with Gasteiger partial charge in [0.1, 0.15) is 11.7 Å². The predicted octanol–water partition coefficient (Wildman–Crippen LogP) is 3.76. The van der Waals surface area contributed by atoms with Gasteiger partial charge in [-0.2, -0.15) is 10.4 Å². The van der Waals surface area contributed by atoms with Crippen molar-refractivity contribution in [1.29, 1.82) is 5.26 Å². The number of methoxy groups -OCH3 is 1. The van der Waals surface area contributed by atoms with Gasteiger partial charge < -0.3 is 25.4 Å². The minimum absolute atomic E-state index is 0.000285. The topological polar surface area (TPSA) is 160 Å². The summed E-state index contributed by atoms with van der Waals surface area (Å²) in [5, 5.41) is 22.4. The van der Waals surface area contributed by atoms with Gasteiger partial charge in [-0.15, -0.1) is 0 Å². The van der Waals surface area contributed by atoms with Crippen molar-refractivity contribution in [1.82, 2.24) is 25.2 Å². The van der Waals surface area contributed by atoms with Crippen molar-refractivity contribution >= 4 is 29.2 Å². The van der Waals surface area contributed by atoms with Crippen LogP contribution in [0.5, 0.6) is 0 Å². The molecule has 0 radical (unpaired) electrons. The van der Waals surface area contributed by atoms with Crippen LogP contribution in [0.25, 0.3) is 16.9 Å². The molecule has 3 aromatic rings. The Hall–Kier alpha value is -4.73. The monoisotopic (exact) mass is 579 g/mol. The summed E-state index contributed by atoms with van der Waals surface area (Å²) in [5.74, 6) is -1.16. The normalized spacial score (nSPS) is 17.5. The number of amides is 2. The van der Waals surface area contributed by atoms with Gasteiger partial charge in [0.25, 0.3) is 5.91 Å². The van der Waals surface area contributed by atoms with Crippen LogP contribution in [0.4, 0.5) is 14.9 Å². The van der Waals surface area contributed by atoms with Gasteiger partial charge in [-0.1, -0.05) is 0 Å². The number of ether oxygens (including phenoxy) is 2. The number of hydrogen-bond acceptors (Lipinski definition) is 9. The standard InChI is InChI=1S/C29H34FN7O5/c1-17(38)42-29(2,3)26(30)16-33-27(39)22-15-32-24(25-10-9-21-11-18(13-31)14-34-37(21)25)12-23(22)35-19-5-7-20(8-6-19)36-28(40)41-4/h9-12,14-15,19-20,26H,5-8,16H2,1-4H3,(H,32,35)(H,33,39)(H,36,40). The van der Waals surface area contributed by atoms with E-state index in [1.165, 1.54) is 40.3 Å². The Kier molecular flexibility index (Phi) is 9.25. The SMILES string of the molecule is COC(=O)NC1CCC(Nc2cc(-c3ccc4cc(C#N)cnn34)ncc2C(=O)NCC(F)C(C)(C)OC(C)=O)CC1. The Morgan fingerprint density at radius 1 is 1.17 bits per heavy atom. The quantitative estimate of drug-likeness (QED) is 0.321. The van der Waals surface area contributed by atoms with Crippen molar-refractivity contribution in [3.8, 4) is 17.5 Å². The zero-order valence-electron chi connectivity index (χ0n) is 23.9. The molecule has 222 valence electrons. The van der Waals surface area contributed by atoms with E-state index in [2.05, 4.69) is 32.1 Å². The molecule has 1 saturated carbocycles. The molecule has 42 heavy (non-hydrogen) atoms. The lowest BCUT2D eigenvalue weighted by Crippen LogP contribution is -2.45. The number of alkyl halides is 1. The molecule has 4 rings (SSSR count). The number of fused-ring (bicyclic) bond motifs is 1. The number of esters is 1. The lowest BCUT2D eigenvalue weighted by molar-refractivity contribution is -0.159. The van der Waals surface area contributed by atoms with Gasteiger partial charge in [0.2, 0.25) is 0 Å². The Morgan fingerprint density at radius 2 is 1.88 bits per heavy atom. The van der Waals surface area contributed by atoms with E-state index in [4.69, 9.17) is 9.47 Å². The van der Waals surface area contributed by atoms with Crippen molar-refractivity contribution in [2.45, 2.75) is 70.3 Å². The third-order valence-electron chi connectivity index (χ3n) is 7.24. The summed E-state index contributed by atoms with van der Waals surface area (Å²) >= 11 is 0. The van der Waals surface area contributed by atoms with Gasteiger partial charge in [0.05, 0.1) is 53.6 Å². The average molecular weight is 580 g/mol. The van der Waals surface area contributed by atoms with Crippen LogP contribution in [0.3, 0.4) is 0 Å². The molecule has 1 aliphatic carbocycles. The summed E-state index contributed by atoms with van der Waals surface area (Å²) in [7, 11) is 1.32. The third kappa shape index (κ3) is 7.12. The maximum Gasteiger partial charge on any atom is 0.407 e. The van der Waals surface area contributed by atoms with E-state index < -0.39 is 29.7 Å². The summed E-state index contributed by atoms with van der Waals surface area (Å²) in [6.45, 7) is 3.70. The van der Waals surface area contributed by atoms with Crippen molar-refractivity contribution < 1.29 is 28.2 Å². The van der Waals surface area contributed by atoms with Crippen LogP contribution >= 0.6 is 0 Å². The Morgan fingerprint density at radius 3 is 2.55 bits per heavy atom. The van der Waals surface area contributed by atoms with E-state index in [-0.39, 0.29) is 24.2 Å². The molecule has 0 saturated heterocycles. The highest BCUT2D eigenvalue weighted by Crippen LogP contribution is 2.29. The van der Waals surface area contributed by atoms with Crippen LogP contribution in [0.1, 0.15) is 62.4 Å². The number of pyridine rings is 1. The van der Waals surface area contributed by atoms with Crippen LogP contribution in [-0.4, -0.2) is 70.1 Å². The predicted molar refractivity (Wildman–Crippen MR) is 151 cm³/mol. The highest BCUT2D eigenvalue weighted by Gasteiger charge is 2.33. The van der Waals surface area contributed by atoms with E-state index in [1.54, 1.807) is 16.6 Å². The van der Waals surface area contributed by atoms with E-state index in [1.807, 2.05) is 12.1 Å². The Bertz CT molecular complexity index is 1510. The lowest BCUT2D eigenvalue weighted by atomic mass is 9.91. The zero-order valence-corrected chi connectivity index (χ0v) is 23.9. The molecule has 3 N–H and O–H groups in total. The number of halogens is 1. The van der Waals surface area contributed by atoms with Crippen molar-refractivity contribution in [2.75, 3.05) is 19.0 Å². The molecule has 3 heterocycles. The fourth-order valence-corrected chi connectivity index (χ4v) is 4.94. The Balaban J connectivity index is 1.58. The van der Waals surface area contributed by atoms with Crippen LogP contribution < -0.4 is 16.0 Å². The minimum atomic E-state index is -1.65. The largest absolute Gasteiger partial charge is 0.457 e. The highest BCUT2D eigenvalue weighted by molar-refractivity contribution is 6.00. The number of carbonyl (C=O) groups excluding carboxylic acids is 3. The van der Waals surface area contributed by atoms with Gasteiger partial charge in [-0.25, -0.2) is 13.7 Å². The third-order valence-corrected chi connectivity index (χ3v) is 7.24. The summed E-state index contributed by atoms with van der Waals surface area (Å²) in [4.78, 5) is 40.7. The molecule has 1 fully saturated rings. The molecule has 0 bridgehead atoms. The summed E-state index contributed by atoms with van der Waals surface area (Å²) in [5.41, 5.74) is 1.62. The zero-order chi connectivity index (χ0) is 30.4. The van der Waals surface area contributed by atoms with Crippen LogP contribution in [0.2, 0.25) is 0 Å². The smallest absolute Gasteiger partial charge is 0.407 e. The van der Waals surface area contributed by atoms with E-state index >= 15 is 0 Å². The molecule has 0 aliphatic heterocycles. The van der Waals surface area contributed by atoms with E-state index in [0.717, 1.165) is 25.7 Å². The summed E-state index contributed by atoms with van der Waals surface area (Å²) < 4.78 is 26.3. The average Bonchev–Trinajstić information content (AvgIpc) is 3.39.